The van der Waals surface area contributed by atoms with Gasteiger partial charge in [0.25, 0.3) is 5.91 Å². The smallest absolute Gasteiger partial charge is 0.253 e. The molecule has 0 radical (unpaired) electrons. The van der Waals surface area contributed by atoms with Gasteiger partial charge in [0.15, 0.2) is 14.6 Å². The zero-order valence-corrected chi connectivity index (χ0v) is 20.6. The molecule has 2 aromatic carbocycles. The molecule has 1 saturated heterocycles. The monoisotopic (exact) mass is 514 g/mol. The van der Waals surface area contributed by atoms with Gasteiger partial charge in [-0.3, -0.25) is 10.1 Å². The number of carbonyl (C=O) groups is 1. The Morgan fingerprint density at radius 3 is 2.35 bits per heavy atom. The Balaban J connectivity index is 1.62. The van der Waals surface area contributed by atoms with Gasteiger partial charge in [-0.1, -0.05) is 41.8 Å². The van der Waals surface area contributed by atoms with Gasteiger partial charge in [0, 0.05) is 15.9 Å². The number of amides is 1. The standard InChI is InChI=1S/C25H23ClN2O4S2/c26-21-6-2-18(3-7-21)20-16-23(33-17-20)19-4-8-22(9-5-19)34(31,32)25(10-13-27-14-11-25)24(30)28-12-1-15-29/h2-9,16-17,27,29H,10-11,13-15H2,(H,28,30). The summed E-state index contributed by atoms with van der Waals surface area (Å²) in [6.45, 7) is 0.382. The van der Waals surface area contributed by atoms with Gasteiger partial charge in [-0.2, -0.15) is 0 Å². The van der Waals surface area contributed by atoms with Crippen LogP contribution in [0.4, 0.5) is 0 Å². The van der Waals surface area contributed by atoms with Crippen LogP contribution < -0.4 is 10.6 Å². The van der Waals surface area contributed by atoms with E-state index in [0.29, 0.717) is 18.1 Å². The molecule has 0 saturated carbocycles. The number of thiophene rings is 1. The average molecular weight is 515 g/mol. The number of benzene rings is 2. The molecule has 2 heterocycles. The minimum absolute atomic E-state index is 0.0953. The van der Waals surface area contributed by atoms with E-state index in [2.05, 4.69) is 28.7 Å². The first-order chi connectivity index (χ1) is 16.4. The summed E-state index contributed by atoms with van der Waals surface area (Å²) in [6, 6.07) is 18.6. The molecule has 176 valence electrons. The minimum Gasteiger partial charge on any atom is -0.384 e. The number of nitrogens with one attached hydrogen (secondary N) is 2. The van der Waals surface area contributed by atoms with Crippen molar-refractivity contribution in [1.82, 2.24) is 10.6 Å². The predicted molar refractivity (Wildman–Crippen MR) is 135 cm³/mol. The van der Waals surface area contributed by atoms with Crippen molar-refractivity contribution in [3.63, 3.8) is 0 Å². The van der Waals surface area contributed by atoms with Crippen molar-refractivity contribution in [2.24, 2.45) is 0 Å². The molecule has 0 unspecified atom stereocenters. The Hall–Kier alpha value is -2.67. The molecule has 4 rings (SSSR count). The van der Waals surface area contributed by atoms with E-state index >= 15 is 0 Å². The normalized spacial score (nSPS) is 15.2. The summed E-state index contributed by atoms with van der Waals surface area (Å²) in [7, 11) is -3.99. The Kier molecular flexibility index (Phi) is 7.41. The number of rotatable bonds is 5. The number of halogens is 1. The summed E-state index contributed by atoms with van der Waals surface area (Å²) in [5.74, 6) is 1.66. The third-order valence-electron chi connectivity index (χ3n) is 5.91. The molecule has 1 aliphatic rings. The molecule has 0 atom stereocenters. The van der Waals surface area contributed by atoms with E-state index < -0.39 is 27.1 Å². The van der Waals surface area contributed by atoms with Crippen molar-refractivity contribution >= 4 is 38.7 Å². The quantitative estimate of drug-likeness (QED) is 0.356. The summed E-state index contributed by atoms with van der Waals surface area (Å²) in [5.41, 5.74) is 3.00. The maximum Gasteiger partial charge on any atom is 0.253 e. The van der Waals surface area contributed by atoms with Crippen molar-refractivity contribution in [2.45, 2.75) is 22.5 Å². The number of aliphatic hydroxyl groups is 1. The van der Waals surface area contributed by atoms with Gasteiger partial charge in [-0.15, -0.1) is 11.3 Å². The third kappa shape index (κ3) is 4.76. The SMILES string of the molecule is O=C(NC#CCO)C1(S(=O)(=O)c2ccc(-c3cc(-c4ccc(Cl)cc4)cs3)cc2)CCNCC1. The van der Waals surface area contributed by atoms with E-state index in [4.69, 9.17) is 16.7 Å². The number of piperidine rings is 1. The van der Waals surface area contributed by atoms with Crippen LogP contribution in [0.5, 0.6) is 0 Å². The van der Waals surface area contributed by atoms with E-state index in [9.17, 15) is 13.2 Å². The van der Waals surface area contributed by atoms with Crippen LogP contribution in [0.2, 0.25) is 5.02 Å². The molecule has 0 aliphatic carbocycles. The molecular weight excluding hydrogens is 492 g/mol. The molecule has 0 spiro atoms. The molecule has 34 heavy (non-hydrogen) atoms. The molecule has 0 bridgehead atoms. The van der Waals surface area contributed by atoms with Crippen molar-refractivity contribution in [3.05, 3.63) is 65.0 Å². The molecule has 6 nitrogen and oxygen atoms in total. The van der Waals surface area contributed by atoms with E-state index in [-0.39, 0.29) is 17.7 Å². The van der Waals surface area contributed by atoms with Gasteiger partial charge >= 0.3 is 0 Å². The second-order valence-corrected chi connectivity index (χ2v) is 11.5. The van der Waals surface area contributed by atoms with Crippen molar-refractivity contribution in [3.8, 4) is 33.5 Å². The van der Waals surface area contributed by atoms with Gasteiger partial charge in [0.2, 0.25) is 0 Å². The number of carbonyl (C=O) groups excluding carboxylic acids is 1. The number of sulfone groups is 1. The van der Waals surface area contributed by atoms with Gasteiger partial charge in [-0.25, -0.2) is 8.42 Å². The Labute approximate surface area is 207 Å². The molecule has 1 aliphatic heterocycles. The molecule has 1 aromatic heterocycles. The zero-order valence-electron chi connectivity index (χ0n) is 18.2. The van der Waals surface area contributed by atoms with Crippen LogP contribution in [0.3, 0.4) is 0 Å². The summed E-state index contributed by atoms with van der Waals surface area (Å²) >= 11 is 7.55. The molecule has 1 amide bonds. The fourth-order valence-corrected chi connectivity index (χ4v) is 7.04. The minimum atomic E-state index is -3.99. The highest BCUT2D eigenvalue weighted by atomic mass is 35.5. The van der Waals surface area contributed by atoms with Crippen LogP contribution in [0.1, 0.15) is 12.8 Å². The van der Waals surface area contributed by atoms with Crippen LogP contribution >= 0.6 is 22.9 Å². The first kappa shape index (κ1) is 24.5. The van der Waals surface area contributed by atoms with Crippen LogP contribution in [0.15, 0.2) is 64.9 Å². The van der Waals surface area contributed by atoms with Crippen molar-refractivity contribution in [1.29, 1.82) is 0 Å². The predicted octanol–water partition coefficient (Wildman–Crippen LogP) is 3.70. The van der Waals surface area contributed by atoms with Gasteiger partial charge < -0.3 is 10.4 Å². The van der Waals surface area contributed by atoms with Crippen LogP contribution in [0, 0.1) is 12.0 Å². The van der Waals surface area contributed by atoms with E-state index in [1.165, 1.54) is 0 Å². The maximum atomic E-state index is 13.7. The fourth-order valence-electron chi connectivity index (χ4n) is 4.01. The van der Waals surface area contributed by atoms with Crippen LogP contribution in [0.25, 0.3) is 21.6 Å². The lowest BCUT2D eigenvalue weighted by Crippen LogP contribution is -2.56. The maximum absolute atomic E-state index is 13.7. The molecule has 9 heteroatoms. The summed E-state index contributed by atoms with van der Waals surface area (Å²) < 4.78 is 25.7. The topological polar surface area (TPSA) is 95.5 Å². The number of hydrogen-bond donors (Lipinski definition) is 3. The molecule has 1 fully saturated rings. The van der Waals surface area contributed by atoms with E-state index in [1.807, 2.05) is 29.6 Å². The Morgan fingerprint density at radius 1 is 1.06 bits per heavy atom. The molecular formula is C25H23ClN2O4S2. The molecule has 3 aromatic rings. The highest BCUT2D eigenvalue weighted by Gasteiger charge is 2.51. The average Bonchev–Trinajstić information content (AvgIpc) is 3.35. The second-order valence-electron chi connectivity index (χ2n) is 7.89. The number of aliphatic hydroxyl groups excluding tert-OH is 1. The first-order valence-electron chi connectivity index (χ1n) is 10.7. The molecule has 3 N–H and O–H groups in total. The first-order valence-corrected chi connectivity index (χ1v) is 13.4. The van der Waals surface area contributed by atoms with Gasteiger partial charge in [0.05, 0.1) is 4.90 Å². The lowest BCUT2D eigenvalue weighted by Gasteiger charge is -2.34. The fraction of sp³-hybridized carbons (Fsp3) is 0.240. The number of hydrogen-bond acceptors (Lipinski definition) is 6. The summed E-state index contributed by atoms with van der Waals surface area (Å²) in [4.78, 5) is 14.1. The highest BCUT2D eigenvalue weighted by molar-refractivity contribution is 7.93. The highest BCUT2D eigenvalue weighted by Crippen LogP contribution is 2.37. The zero-order chi connectivity index (χ0) is 24.2. The second kappa shape index (κ2) is 10.3. The largest absolute Gasteiger partial charge is 0.384 e. The Morgan fingerprint density at radius 2 is 1.71 bits per heavy atom. The lowest BCUT2D eigenvalue weighted by atomic mass is 9.96. The Bertz CT molecular complexity index is 1330. The van der Waals surface area contributed by atoms with Crippen LogP contribution in [-0.4, -0.2) is 43.9 Å². The van der Waals surface area contributed by atoms with Gasteiger partial charge in [0.1, 0.15) is 6.61 Å². The lowest BCUT2D eigenvalue weighted by molar-refractivity contribution is -0.123. The van der Waals surface area contributed by atoms with Crippen molar-refractivity contribution < 1.29 is 18.3 Å². The third-order valence-corrected chi connectivity index (χ3v) is 9.66. The van der Waals surface area contributed by atoms with E-state index in [1.54, 1.807) is 35.6 Å². The van der Waals surface area contributed by atoms with Gasteiger partial charge in [-0.05, 0) is 78.3 Å². The van der Waals surface area contributed by atoms with E-state index in [0.717, 1.165) is 21.6 Å². The van der Waals surface area contributed by atoms with Crippen LogP contribution in [-0.2, 0) is 14.6 Å². The summed E-state index contributed by atoms with van der Waals surface area (Å²) in [6.07, 6.45) is 0.276. The summed E-state index contributed by atoms with van der Waals surface area (Å²) in [5, 5.41) is 17.0. The van der Waals surface area contributed by atoms with Crippen molar-refractivity contribution in [2.75, 3.05) is 19.7 Å².